The van der Waals surface area contributed by atoms with E-state index >= 15 is 0 Å². The highest BCUT2D eigenvalue weighted by molar-refractivity contribution is 5.97. The lowest BCUT2D eigenvalue weighted by Crippen LogP contribution is -2.26. The van der Waals surface area contributed by atoms with E-state index in [1.165, 1.54) is 6.92 Å². The first kappa shape index (κ1) is 13.5. The third-order valence-electron chi connectivity index (χ3n) is 2.56. The summed E-state index contributed by atoms with van der Waals surface area (Å²) >= 11 is 0. The normalized spacial score (nSPS) is 13.9. The molecule has 0 bridgehead atoms. The van der Waals surface area contributed by atoms with E-state index in [1.54, 1.807) is 39.2 Å². The number of benzene rings is 1. The number of aliphatic hydroxyl groups is 1. The van der Waals surface area contributed by atoms with Crippen molar-refractivity contribution in [3.8, 4) is 11.5 Å². The molecule has 0 heterocycles. The summed E-state index contributed by atoms with van der Waals surface area (Å²) in [6.07, 6.45) is -0.999. The number of hydrogen-bond donors (Lipinski definition) is 1. The Morgan fingerprint density at radius 3 is 2.47 bits per heavy atom. The third-order valence-corrected chi connectivity index (χ3v) is 2.56. The summed E-state index contributed by atoms with van der Waals surface area (Å²) in [6.45, 7) is 4.86. The fraction of sp³-hybridized carbons (Fsp3) is 0.462. The number of carbonyl (C=O) groups is 1. The molecule has 4 heteroatoms. The minimum atomic E-state index is -0.610. The largest absolute Gasteiger partial charge is 0.497 e. The van der Waals surface area contributed by atoms with Gasteiger partial charge < -0.3 is 14.6 Å². The molecule has 1 rings (SSSR count). The maximum Gasteiger partial charge on any atom is 0.163 e. The molecule has 1 aromatic carbocycles. The lowest BCUT2D eigenvalue weighted by molar-refractivity contribution is 0.0593. The SMILES string of the molecule is COc1ccc(C(C)=O)c(OC(C)C(C)O)c1. The van der Waals surface area contributed by atoms with Crippen LogP contribution >= 0.6 is 0 Å². The molecule has 0 spiro atoms. The Balaban J connectivity index is 3.05. The summed E-state index contributed by atoms with van der Waals surface area (Å²) in [7, 11) is 1.55. The molecule has 4 nitrogen and oxygen atoms in total. The molecule has 0 aliphatic carbocycles. The van der Waals surface area contributed by atoms with E-state index < -0.39 is 6.10 Å². The lowest BCUT2D eigenvalue weighted by Gasteiger charge is -2.19. The number of hydrogen-bond acceptors (Lipinski definition) is 4. The fourth-order valence-corrected chi connectivity index (χ4v) is 1.32. The molecule has 0 saturated heterocycles. The Labute approximate surface area is 101 Å². The molecule has 0 aromatic heterocycles. The van der Waals surface area contributed by atoms with Crippen molar-refractivity contribution in [3.63, 3.8) is 0 Å². The van der Waals surface area contributed by atoms with E-state index in [-0.39, 0.29) is 11.9 Å². The summed E-state index contributed by atoms with van der Waals surface area (Å²) in [5, 5.41) is 9.40. The van der Waals surface area contributed by atoms with Gasteiger partial charge in [0.2, 0.25) is 0 Å². The second-order valence-electron chi connectivity index (χ2n) is 3.98. The van der Waals surface area contributed by atoms with Crippen molar-refractivity contribution in [1.29, 1.82) is 0 Å². The molecule has 17 heavy (non-hydrogen) atoms. The Kier molecular flexibility index (Phi) is 4.52. The zero-order chi connectivity index (χ0) is 13.0. The Morgan fingerprint density at radius 1 is 1.35 bits per heavy atom. The Hall–Kier alpha value is -1.55. The highest BCUT2D eigenvalue weighted by atomic mass is 16.5. The number of rotatable bonds is 5. The van der Waals surface area contributed by atoms with Gasteiger partial charge in [0.15, 0.2) is 5.78 Å². The van der Waals surface area contributed by atoms with E-state index in [9.17, 15) is 9.90 Å². The molecule has 2 unspecified atom stereocenters. The number of ketones is 1. The molecule has 94 valence electrons. The molecule has 2 atom stereocenters. The van der Waals surface area contributed by atoms with Crippen LogP contribution < -0.4 is 9.47 Å². The zero-order valence-electron chi connectivity index (χ0n) is 10.6. The first-order valence-corrected chi connectivity index (χ1v) is 5.49. The Morgan fingerprint density at radius 2 is 2.00 bits per heavy atom. The first-order valence-electron chi connectivity index (χ1n) is 5.49. The van der Waals surface area contributed by atoms with Gasteiger partial charge in [-0.25, -0.2) is 0 Å². The van der Waals surface area contributed by atoms with E-state index in [1.807, 2.05) is 0 Å². The van der Waals surface area contributed by atoms with Crippen LogP contribution in [0.5, 0.6) is 11.5 Å². The molecule has 0 aliphatic heterocycles. The molecule has 0 saturated carbocycles. The quantitative estimate of drug-likeness (QED) is 0.798. The summed E-state index contributed by atoms with van der Waals surface area (Å²) < 4.78 is 10.6. The molecule has 0 aliphatic rings. The van der Waals surface area contributed by atoms with Gasteiger partial charge in [0, 0.05) is 6.07 Å². The second kappa shape index (κ2) is 5.68. The number of ether oxygens (including phenoxy) is 2. The predicted octanol–water partition coefficient (Wildman–Crippen LogP) is 2.05. The van der Waals surface area contributed by atoms with E-state index in [0.717, 1.165) is 0 Å². The summed E-state index contributed by atoms with van der Waals surface area (Å²) in [4.78, 5) is 11.4. The van der Waals surface area contributed by atoms with E-state index in [2.05, 4.69) is 0 Å². The van der Waals surface area contributed by atoms with Crippen LogP contribution in [0.1, 0.15) is 31.1 Å². The van der Waals surface area contributed by atoms with Crippen molar-refractivity contribution in [3.05, 3.63) is 23.8 Å². The molecule has 1 N–H and O–H groups in total. The number of aliphatic hydroxyl groups excluding tert-OH is 1. The third kappa shape index (κ3) is 3.46. The minimum absolute atomic E-state index is 0.0829. The zero-order valence-corrected chi connectivity index (χ0v) is 10.6. The van der Waals surface area contributed by atoms with Crippen molar-refractivity contribution in [2.24, 2.45) is 0 Å². The van der Waals surface area contributed by atoms with Crippen LogP contribution in [-0.4, -0.2) is 30.2 Å². The highest BCUT2D eigenvalue weighted by Gasteiger charge is 2.15. The van der Waals surface area contributed by atoms with Crippen LogP contribution in [0.2, 0.25) is 0 Å². The van der Waals surface area contributed by atoms with Crippen molar-refractivity contribution in [2.45, 2.75) is 33.0 Å². The topological polar surface area (TPSA) is 55.8 Å². The smallest absolute Gasteiger partial charge is 0.163 e. The van der Waals surface area contributed by atoms with Gasteiger partial charge in [0.25, 0.3) is 0 Å². The summed E-state index contributed by atoms with van der Waals surface area (Å²) in [5.41, 5.74) is 0.485. The number of carbonyl (C=O) groups excluding carboxylic acids is 1. The van der Waals surface area contributed by atoms with Crippen molar-refractivity contribution >= 4 is 5.78 Å². The molecular weight excluding hydrogens is 220 g/mol. The molecule has 0 radical (unpaired) electrons. The molecular formula is C13H18O4. The van der Waals surface area contributed by atoms with Gasteiger partial charge >= 0.3 is 0 Å². The maximum atomic E-state index is 11.4. The van der Waals surface area contributed by atoms with Crippen LogP contribution in [0.15, 0.2) is 18.2 Å². The van der Waals surface area contributed by atoms with Crippen LogP contribution in [0, 0.1) is 0 Å². The second-order valence-corrected chi connectivity index (χ2v) is 3.98. The van der Waals surface area contributed by atoms with Crippen LogP contribution in [0.3, 0.4) is 0 Å². The van der Waals surface area contributed by atoms with E-state index in [4.69, 9.17) is 9.47 Å². The van der Waals surface area contributed by atoms with E-state index in [0.29, 0.717) is 17.1 Å². The molecule has 0 amide bonds. The Bertz CT molecular complexity index is 398. The van der Waals surface area contributed by atoms with Gasteiger partial charge in [-0.3, -0.25) is 4.79 Å². The van der Waals surface area contributed by atoms with Crippen molar-refractivity contribution in [1.82, 2.24) is 0 Å². The fourth-order valence-electron chi connectivity index (χ4n) is 1.32. The summed E-state index contributed by atoms with van der Waals surface area (Å²) in [5.74, 6) is 0.966. The monoisotopic (exact) mass is 238 g/mol. The summed E-state index contributed by atoms with van der Waals surface area (Å²) in [6, 6.07) is 5.01. The number of methoxy groups -OCH3 is 1. The highest BCUT2D eigenvalue weighted by Crippen LogP contribution is 2.26. The van der Waals surface area contributed by atoms with Crippen LogP contribution in [-0.2, 0) is 0 Å². The average molecular weight is 238 g/mol. The van der Waals surface area contributed by atoms with Crippen LogP contribution in [0.25, 0.3) is 0 Å². The molecule has 0 fully saturated rings. The minimum Gasteiger partial charge on any atom is -0.497 e. The predicted molar refractivity (Wildman–Crippen MR) is 64.8 cm³/mol. The molecule has 1 aromatic rings. The van der Waals surface area contributed by atoms with Gasteiger partial charge in [-0.1, -0.05) is 0 Å². The van der Waals surface area contributed by atoms with Gasteiger partial charge in [-0.2, -0.15) is 0 Å². The van der Waals surface area contributed by atoms with Crippen LogP contribution in [0.4, 0.5) is 0 Å². The van der Waals surface area contributed by atoms with Gasteiger partial charge in [-0.05, 0) is 32.9 Å². The van der Waals surface area contributed by atoms with Gasteiger partial charge in [0.05, 0.1) is 18.8 Å². The van der Waals surface area contributed by atoms with Crippen molar-refractivity contribution in [2.75, 3.05) is 7.11 Å². The lowest BCUT2D eigenvalue weighted by atomic mass is 10.1. The number of Topliss-reactive ketones (excluding diaryl/α,β-unsaturated/α-hetero) is 1. The maximum absolute atomic E-state index is 11.4. The van der Waals surface area contributed by atoms with Crippen molar-refractivity contribution < 1.29 is 19.4 Å². The average Bonchev–Trinajstić information content (AvgIpc) is 2.28. The first-order chi connectivity index (χ1) is 7.95. The van der Waals surface area contributed by atoms with Gasteiger partial charge in [0.1, 0.15) is 17.6 Å². The van der Waals surface area contributed by atoms with Gasteiger partial charge in [-0.15, -0.1) is 0 Å². The standard InChI is InChI=1S/C13H18O4/c1-8(14)10(3)17-13-7-11(16-4)5-6-12(13)9(2)15/h5-8,10,14H,1-4H3.